The van der Waals surface area contributed by atoms with Crippen LogP contribution in [-0.4, -0.2) is 0 Å². The summed E-state index contributed by atoms with van der Waals surface area (Å²) in [6.45, 7) is 4.74. The fourth-order valence-electron chi connectivity index (χ4n) is 11.8. The number of fused-ring (bicyclic) bond motifs is 13. The van der Waals surface area contributed by atoms with Crippen LogP contribution in [0.1, 0.15) is 47.2 Å². The van der Waals surface area contributed by atoms with Crippen LogP contribution in [0.25, 0.3) is 44.5 Å². The summed E-state index contributed by atoms with van der Waals surface area (Å²) in [5.41, 5.74) is 24.2. The SMILES string of the molecule is CC1(C)c2ccccc2-c2ccc(N(c3ccccc3)c3cccc4c3-c3ccccc3C43c4ccccc4-c4ccc(N(c5ccccc5)c5ccc(-c6ccccc6)cc5)cc43)cc21. The minimum atomic E-state index is -0.562. The van der Waals surface area contributed by atoms with Gasteiger partial charge in [0.2, 0.25) is 0 Å². The van der Waals surface area contributed by atoms with Crippen molar-refractivity contribution >= 4 is 34.1 Å². The molecule has 0 bridgehead atoms. The van der Waals surface area contributed by atoms with E-state index in [1.54, 1.807) is 0 Å². The Morgan fingerprint density at radius 1 is 0.273 bits per heavy atom. The van der Waals surface area contributed by atoms with Crippen LogP contribution in [0.4, 0.5) is 34.1 Å². The van der Waals surface area contributed by atoms with Crippen LogP contribution in [0.2, 0.25) is 0 Å². The number of benzene rings is 10. The van der Waals surface area contributed by atoms with E-state index >= 15 is 0 Å². The molecule has 3 aliphatic rings. The molecule has 312 valence electrons. The Labute approximate surface area is 387 Å². The predicted molar refractivity (Wildman–Crippen MR) is 275 cm³/mol. The number of anilines is 6. The molecule has 3 aliphatic carbocycles. The van der Waals surface area contributed by atoms with E-state index in [1.807, 2.05) is 0 Å². The lowest BCUT2D eigenvalue weighted by molar-refractivity contribution is 0.660. The average Bonchev–Trinajstić information content (AvgIpc) is 3.94. The van der Waals surface area contributed by atoms with Crippen molar-refractivity contribution in [2.24, 2.45) is 0 Å². The highest BCUT2D eigenvalue weighted by molar-refractivity contribution is 6.02. The fraction of sp³-hybridized carbons (Fsp3) is 0.0625. The Hall–Kier alpha value is -8.20. The molecule has 0 aromatic heterocycles. The van der Waals surface area contributed by atoms with Crippen molar-refractivity contribution in [2.45, 2.75) is 24.7 Å². The quantitative estimate of drug-likeness (QED) is 0.158. The third-order valence-electron chi connectivity index (χ3n) is 14.7. The number of hydrogen-bond donors (Lipinski definition) is 0. The van der Waals surface area contributed by atoms with E-state index in [0.29, 0.717) is 0 Å². The lowest BCUT2D eigenvalue weighted by Gasteiger charge is -2.33. The lowest BCUT2D eigenvalue weighted by atomic mass is 9.70. The molecular formula is C64H46N2. The Bertz CT molecular complexity index is 3500. The second kappa shape index (κ2) is 14.7. The molecule has 0 amide bonds. The molecule has 2 nitrogen and oxygen atoms in total. The van der Waals surface area contributed by atoms with Crippen LogP contribution < -0.4 is 9.80 Å². The predicted octanol–water partition coefficient (Wildman–Crippen LogP) is 16.9. The van der Waals surface area contributed by atoms with Gasteiger partial charge in [-0.1, -0.05) is 190 Å². The molecule has 10 aromatic rings. The van der Waals surface area contributed by atoms with Crippen LogP contribution in [-0.2, 0) is 10.8 Å². The minimum absolute atomic E-state index is 0.133. The zero-order valence-electron chi connectivity index (χ0n) is 37.0. The number of rotatable bonds is 7. The van der Waals surface area contributed by atoms with E-state index in [2.05, 4.69) is 266 Å². The summed E-state index contributed by atoms with van der Waals surface area (Å²) in [4.78, 5) is 4.91. The molecule has 1 atom stereocenters. The summed E-state index contributed by atoms with van der Waals surface area (Å²) >= 11 is 0. The van der Waals surface area contributed by atoms with Gasteiger partial charge in [0.15, 0.2) is 0 Å². The zero-order chi connectivity index (χ0) is 44.0. The normalized spacial score (nSPS) is 15.3. The van der Waals surface area contributed by atoms with Gasteiger partial charge in [-0.3, -0.25) is 0 Å². The van der Waals surface area contributed by atoms with Crippen LogP contribution >= 0.6 is 0 Å². The van der Waals surface area contributed by atoms with Gasteiger partial charge in [-0.2, -0.15) is 0 Å². The molecule has 0 saturated carbocycles. The monoisotopic (exact) mass is 842 g/mol. The van der Waals surface area contributed by atoms with Crippen molar-refractivity contribution in [1.82, 2.24) is 0 Å². The maximum atomic E-state index is 2.50. The van der Waals surface area contributed by atoms with Gasteiger partial charge in [0, 0.05) is 39.4 Å². The summed E-state index contributed by atoms with van der Waals surface area (Å²) in [5, 5.41) is 0. The van der Waals surface area contributed by atoms with Gasteiger partial charge >= 0.3 is 0 Å². The molecule has 10 aromatic carbocycles. The minimum Gasteiger partial charge on any atom is -0.310 e. The summed E-state index contributed by atoms with van der Waals surface area (Å²) in [6, 6.07) is 89.9. The highest BCUT2D eigenvalue weighted by Crippen LogP contribution is 2.65. The van der Waals surface area contributed by atoms with Crippen LogP contribution in [0.15, 0.2) is 243 Å². The van der Waals surface area contributed by atoms with Gasteiger partial charge in [-0.25, -0.2) is 0 Å². The van der Waals surface area contributed by atoms with Gasteiger partial charge in [0.25, 0.3) is 0 Å². The Morgan fingerprint density at radius 3 is 1.36 bits per heavy atom. The van der Waals surface area contributed by atoms with E-state index in [-0.39, 0.29) is 5.41 Å². The second-order valence-corrected chi connectivity index (χ2v) is 18.4. The summed E-state index contributed by atoms with van der Waals surface area (Å²) < 4.78 is 0. The number of hydrogen-bond acceptors (Lipinski definition) is 2. The van der Waals surface area contributed by atoms with Crippen molar-refractivity contribution in [3.8, 4) is 44.5 Å². The first kappa shape index (κ1) is 38.3. The molecule has 0 fully saturated rings. The molecule has 0 saturated heterocycles. The van der Waals surface area contributed by atoms with Gasteiger partial charge < -0.3 is 9.80 Å². The Morgan fingerprint density at radius 2 is 0.697 bits per heavy atom. The van der Waals surface area contributed by atoms with E-state index in [4.69, 9.17) is 0 Å². The Kier molecular flexibility index (Phi) is 8.51. The lowest BCUT2D eigenvalue weighted by Crippen LogP contribution is -2.26. The van der Waals surface area contributed by atoms with Gasteiger partial charge in [-0.05, 0) is 139 Å². The molecule has 1 unspecified atom stereocenters. The van der Waals surface area contributed by atoms with Crippen molar-refractivity contribution in [3.05, 3.63) is 276 Å². The first-order valence-corrected chi connectivity index (χ1v) is 23.1. The van der Waals surface area contributed by atoms with E-state index in [1.165, 1.54) is 83.6 Å². The summed E-state index contributed by atoms with van der Waals surface area (Å²) in [5.74, 6) is 0. The molecule has 1 spiro atoms. The molecular weight excluding hydrogens is 797 g/mol. The maximum absolute atomic E-state index is 2.50. The third kappa shape index (κ3) is 5.48. The van der Waals surface area contributed by atoms with Crippen LogP contribution in [0.5, 0.6) is 0 Å². The van der Waals surface area contributed by atoms with Gasteiger partial charge in [0.1, 0.15) is 0 Å². The Balaban J connectivity index is 1.03. The third-order valence-corrected chi connectivity index (χ3v) is 14.7. The molecule has 0 N–H and O–H groups in total. The summed E-state index contributed by atoms with van der Waals surface area (Å²) in [7, 11) is 0. The van der Waals surface area contributed by atoms with Gasteiger partial charge in [-0.15, -0.1) is 0 Å². The second-order valence-electron chi connectivity index (χ2n) is 18.4. The smallest absolute Gasteiger partial charge is 0.0727 e. The van der Waals surface area contributed by atoms with Crippen molar-refractivity contribution < 1.29 is 0 Å². The van der Waals surface area contributed by atoms with Crippen molar-refractivity contribution in [1.29, 1.82) is 0 Å². The topological polar surface area (TPSA) is 6.48 Å². The fourth-order valence-corrected chi connectivity index (χ4v) is 11.8. The van der Waals surface area contributed by atoms with E-state index in [9.17, 15) is 0 Å². The first-order chi connectivity index (χ1) is 32.5. The zero-order valence-corrected chi connectivity index (χ0v) is 37.0. The maximum Gasteiger partial charge on any atom is 0.0727 e. The van der Waals surface area contributed by atoms with Crippen LogP contribution in [0.3, 0.4) is 0 Å². The molecule has 0 radical (unpaired) electrons. The van der Waals surface area contributed by atoms with Gasteiger partial charge in [0.05, 0.1) is 11.1 Å². The summed E-state index contributed by atoms with van der Waals surface area (Å²) in [6.07, 6.45) is 0. The number of para-hydroxylation sites is 2. The highest BCUT2D eigenvalue weighted by atomic mass is 15.2. The van der Waals surface area contributed by atoms with E-state index in [0.717, 1.165) is 28.4 Å². The van der Waals surface area contributed by atoms with E-state index < -0.39 is 5.41 Å². The average molecular weight is 843 g/mol. The van der Waals surface area contributed by atoms with Crippen molar-refractivity contribution in [3.63, 3.8) is 0 Å². The standard InChI is InChI=1S/C64H46N2/c1-63(2)55-28-15-12-25-50(55)52-39-38-49(41-59(52)63)66(46-23-10-5-11-24-46)61-32-18-31-58-62(61)54-27-14-17-30-57(54)64(58)56-29-16-13-26-51(56)53-40-37-48(42-60(53)64)65(45-21-8-4-9-22-45)47-35-33-44(34-36-47)43-19-6-3-7-20-43/h3-42H,1-2H3. The highest BCUT2D eigenvalue weighted by Gasteiger charge is 2.53. The first-order valence-electron chi connectivity index (χ1n) is 23.1. The molecule has 0 aliphatic heterocycles. The molecule has 0 heterocycles. The van der Waals surface area contributed by atoms with Crippen molar-refractivity contribution in [2.75, 3.05) is 9.80 Å². The largest absolute Gasteiger partial charge is 0.310 e. The van der Waals surface area contributed by atoms with Crippen LogP contribution in [0, 0.1) is 0 Å². The molecule has 66 heavy (non-hydrogen) atoms. The molecule has 13 rings (SSSR count). The molecule has 2 heteroatoms. The number of nitrogens with zero attached hydrogens (tertiary/aromatic N) is 2.